The fourth-order valence-electron chi connectivity index (χ4n) is 1.84. The molecule has 0 saturated carbocycles. The van der Waals surface area contributed by atoms with Crippen molar-refractivity contribution in [3.05, 3.63) is 53.9 Å². The lowest BCUT2D eigenvalue weighted by Crippen LogP contribution is -2.06. The summed E-state index contributed by atoms with van der Waals surface area (Å²) in [6, 6.07) is 9.13. The number of benzene rings is 1. The van der Waals surface area contributed by atoms with Crippen LogP contribution < -0.4 is 9.47 Å². The number of rotatable bonds is 5. The summed E-state index contributed by atoms with van der Waals surface area (Å²) in [6.07, 6.45) is 3.43. The van der Waals surface area contributed by atoms with Gasteiger partial charge in [0.25, 0.3) is 0 Å². The molecule has 4 nitrogen and oxygen atoms in total. The second kappa shape index (κ2) is 6.00. The van der Waals surface area contributed by atoms with Gasteiger partial charge in [0.15, 0.2) is 5.78 Å². The maximum Gasteiger partial charge on any atom is 0.171 e. The molecule has 0 aliphatic carbocycles. The molecule has 0 atom stereocenters. The highest BCUT2D eigenvalue weighted by molar-refractivity contribution is 5.99. The summed E-state index contributed by atoms with van der Waals surface area (Å²) in [5, 5.41) is 0. The maximum atomic E-state index is 12.2. The first kappa shape index (κ1) is 13.1. The topological polar surface area (TPSA) is 48.4 Å². The van der Waals surface area contributed by atoms with Gasteiger partial charge in [0.2, 0.25) is 0 Å². The summed E-state index contributed by atoms with van der Waals surface area (Å²) >= 11 is 0. The number of ketones is 1. The van der Waals surface area contributed by atoms with Gasteiger partial charge in [0.1, 0.15) is 11.5 Å². The normalized spacial score (nSPS) is 10.0. The summed E-state index contributed by atoms with van der Waals surface area (Å²) in [7, 11) is 3.13. The van der Waals surface area contributed by atoms with Crippen LogP contribution in [0.5, 0.6) is 11.5 Å². The molecule has 0 amide bonds. The van der Waals surface area contributed by atoms with E-state index in [1.165, 1.54) is 7.11 Å². The molecule has 0 saturated heterocycles. The molecule has 4 heteroatoms. The lowest BCUT2D eigenvalue weighted by Gasteiger charge is -2.07. The van der Waals surface area contributed by atoms with Crippen LogP contribution in [0.15, 0.2) is 42.7 Å². The van der Waals surface area contributed by atoms with Crippen LogP contribution in [-0.4, -0.2) is 25.0 Å². The largest absolute Gasteiger partial charge is 0.497 e. The maximum absolute atomic E-state index is 12.2. The molecule has 0 fully saturated rings. The summed E-state index contributed by atoms with van der Waals surface area (Å²) in [5.41, 5.74) is 1.45. The van der Waals surface area contributed by atoms with Crippen molar-refractivity contribution in [1.82, 2.24) is 4.98 Å². The van der Waals surface area contributed by atoms with Crippen LogP contribution in [0.3, 0.4) is 0 Å². The predicted molar refractivity (Wildman–Crippen MR) is 71.8 cm³/mol. The number of hydrogen-bond acceptors (Lipinski definition) is 4. The second-order valence-corrected chi connectivity index (χ2v) is 4.03. The van der Waals surface area contributed by atoms with Gasteiger partial charge in [-0.25, -0.2) is 0 Å². The first-order valence-electron chi connectivity index (χ1n) is 5.88. The molecular formula is C15H15NO3. The van der Waals surface area contributed by atoms with Gasteiger partial charge in [0, 0.05) is 12.6 Å². The van der Waals surface area contributed by atoms with Crippen molar-refractivity contribution in [2.75, 3.05) is 14.2 Å². The predicted octanol–water partition coefficient (Wildman–Crippen LogP) is 2.52. The van der Waals surface area contributed by atoms with E-state index in [9.17, 15) is 4.79 Å². The molecule has 0 bridgehead atoms. The number of aromatic nitrogens is 1. The average Bonchev–Trinajstić information content (AvgIpc) is 2.47. The lowest BCUT2D eigenvalue weighted by molar-refractivity contribution is 0.0990. The Bertz CT molecular complexity index is 581. The van der Waals surface area contributed by atoms with Gasteiger partial charge >= 0.3 is 0 Å². The number of carbonyl (C=O) groups excluding carboxylic acids is 1. The molecule has 19 heavy (non-hydrogen) atoms. The highest BCUT2D eigenvalue weighted by atomic mass is 16.5. The molecule has 0 spiro atoms. The standard InChI is InChI=1S/C15H15NO3/c1-18-12-5-3-4-11(8-12)9-14(17)13-6-7-16-10-15(13)19-2/h3-8,10H,9H2,1-2H3. The van der Waals surface area contributed by atoms with Crippen molar-refractivity contribution in [1.29, 1.82) is 0 Å². The quantitative estimate of drug-likeness (QED) is 0.772. The van der Waals surface area contributed by atoms with Crippen molar-refractivity contribution in [3.63, 3.8) is 0 Å². The molecule has 2 aromatic rings. The van der Waals surface area contributed by atoms with Crippen LogP contribution in [0.25, 0.3) is 0 Å². The Morgan fingerprint density at radius 3 is 2.79 bits per heavy atom. The minimum absolute atomic E-state index is 0.00694. The number of ether oxygens (including phenoxy) is 2. The third-order valence-corrected chi connectivity index (χ3v) is 2.80. The Kier molecular flexibility index (Phi) is 4.13. The highest BCUT2D eigenvalue weighted by Crippen LogP contribution is 2.19. The Hall–Kier alpha value is -2.36. The lowest BCUT2D eigenvalue weighted by atomic mass is 10.0. The SMILES string of the molecule is COc1cccc(CC(=O)c2ccncc2OC)c1. The molecule has 0 radical (unpaired) electrons. The van der Waals surface area contributed by atoms with Crippen molar-refractivity contribution in [3.8, 4) is 11.5 Å². The first-order valence-corrected chi connectivity index (χ1v) is 5.88. The van der Waals surface area contributed by atoms with Gasteiger partial charge in [-0.3, -0.25) is 9.78 Å². The van der Waals surface area contributed by atoms with Crippen molar-refractivity contribution in [2.45, 2.75) is 6.42 Å². The molecule has 98 valence electrons. The summed E-state index contributed by atoms with van der Waals surface area (Å²) in [5.74, 6) is 1.23. The monoisotopic (exact) mass is 257 g/mol. The van der Waals surface area contributed by atoms with Gasteiger partial charge in [-0.15, -0.1) is 0 Å². The molecule has 0 aliphatic rings. The van der Waals surface area contributed by atoms with E-state index in [0.717, 1.165) is 11.3 Å². The number of carbonyl (C=O) groups is 1. The van der Waals surface area contributed by atoms with Gasteiger partial charge in [-0.05, 0) is 23.8 Å². The van der Waals surface area contributed by atoms with E-state index < -0.39 is 0 Å². The van der Waals surface area contributed by atoms with E-state index in [0.29, 0.717) is 17.7 Å². The zero-order valence-electron chi connectivity index (χ0n) is 10.9. The highest BCUT2D eigenvalue weighted by Gasteiger charge is 2.12. The van der Waals surface area contributed by atoms with Gasteiger partial charge in [0.05, 0.1) is 26.0 Å². The summed E-state index contributed by atoms with van der Waals surface area (Å²) in [6.45, 7) is 0. The number of Topliss-reactive ketones (excluding diaryl/α,β-unsaturated/α-hetero) is 1. The minimum Gasteiger partial charge on any atom is -0.497 e. The summed E-state index contributed by atoms with van der Waals surface area (Å²) < 4.78 is 10.3. The van der Waals surface area contributed by atoms with E-state index in [4.69, 9.17) is 9.47 Å². The fraction of sp³-hybridized carbons (Fsp3) is 0.200. The van der Waals surface area contributed by atoms with Crippen molar-refractivity contribution < 1.29 is 14.3 Å². The number of pyridine rings is 1. The molecule has 0 unspecified atom stereocenters. The van der Waals surface area contributed by atoms with E-state index in [2.05, 4.69) is 4.98 Å². The number of nitrogens with zero attached hydrogens (tertiary/aromatic N) is 1. The van der Waals surface area contributed by atoms with Crippen LogP contribution in [-0.2, 0) is 6.42 Å². The number of methoxy groups -OCH3 is 2. The van der Waals surface area contributed by atoms with Crippen LogP contribution >= 0.6 is 0 Å². The van der Waals surface area contributed by atoms with E-state index >= 15 is 0 Å². The minimum atomic E-state index is -0.00694. The Labute approximate surface area is 112 Å². The van der Waals surface area contributed by atoms with Gasteiger partial charge in [-0.2, -0.15) is 0 Å². The zero-order valence-corrected chi connectivity index (χ0v) is 10.9. The molecule has 0 aliphatic heterocycles. The van der Waals surface area contributed by atoms with E-state index in [1.807, 2.05) is 24.3 Å². The molecule has 2 rings (SSSR count). The Morgan fingerprint density at radius 2 is 2.05 bits per heavy atom. The van der Waals surface area contributed by atoms with E-state index in [-0.39, 0.29) is 5.78 Å². The summed E-state index contributed by atoms with van der Waals surface area (Å²) in [4.78, 5) is 16.2. The average molecular weight is 257 g/mol. The van der Waals surface area contributed by atoms with Gasteiger partial charge < -0.3 is 9.47 Å². The Morgan fingerprint density at radius 1 is 1.21 bits per heavy atom. The zero-order chi connectivity index (χ0) is 13.7. The van der Waals surface area contributed by atoms with Crippen LogP contribution in [0.4, 0.5) is 0 Å². The van der Waals surface area contributed by atoms with Crippen molar-refractivity contribution in [2.24, 2.45) is 0 Å². The van der Waals surface area contributed by atoms with Crippen molar-refractivity contribution >= 4 is 5.78 Å². The van der Waals surface area contributed by atoms with Gasteiger partial charge in [-0.1, -0.05) is 12.1 Å². The molecule has 0 N–H and O–H groups in total. The second-order valence-electron chi connectivity index (χ2n) is 4.03. The molecule has 1 aromatic carbocycles. The third kappa shape index (κ3) is 3.10. The first-order chi connectivity index (χ1) is 9.24. The Balaban J connectivity index is 2.20. The van der Waals surface area contributed by atoms with Crippen LogP contribution in [0.1, 0.15) is 15.9 Å². The molecule has 1 heterocycles. The molecular weight excluding hydrogens is 242 g/mol. The fourth-order valence-corrected chi connectivity index (χ4v) is 1.84. The van der Waals surface area contributed by atoms with E-state index in [1.54, 1.807) is 25.6 Å². The van der Waals surface area contributed by atoms with Crippen LogP contribution in [0.2, 0.25) is 0 Å². The smallest absolute Gasteiger partial charge is 0.171 e. The number of hydrogen-bond donors (Lipinski definition) is 0. The third-order valence-electron chi connectivity index (χ3n) is 2.80. The van der Waals surface area contributed by atoms with Crippen LogP contribution in [0, 0.1) is 0 Å². The molecule has 1 aromatic heterocycles.